The average Bonchev–Trinajstić information content (AvgIpc) is 2.42. The van der Waals surface area contributed by atoms with Crippen LogP contribution in [-0.4, -0.2) is 46.9 Å². The molecule has 0 aromatic heterocycles. The Kier molecular flexibility index (Phi) is 4.39. The molecule has 1 saturated heterocycles. The minimum absolute atomic E-state index is 0.158. The van der Waals surface area contributed by atoms with E-state index >= 15 is 0 Å². The summed E-state index contributed by atoms with van der Waals surface area (Å²) in [5.41, 5.74) is 0.399. The molecule has 1 unspecified atom stereocenters. The Hall–Kier alpha value is -1.48. The van der Waals surface area contributed by atoms with Crippen LogP contribution in [0.2, 0.25) is 0 Å². The molecule has 0 spiro atoms. The maximum Gasteiger partial charge on any atom is 0.269 e. The van der Waals surface area contributed by atoms with E-state index in [0.29, 0.717) is 5.56 Å². The van der Waals surface area contributed by atoms with Crippen molar-refractivity contribution in [3.8, 4) is 0 Å². The van der Waals surface area contributed by atoms with E-state index in [1.54, 1.807) is 24.3 Å². The van der Waals surface area contributed by atoms with E-state index in [-0.39, 0.29) is 13.1 Å². The molecule has 0 bridgehead atoms. The Morgan fingerprint density at radius 1 is 1.30 bits per heavy atom. The van der Waals surface area contributed by atoms with Crippen molar-refractivity contribution in [1.82, 2.24) is 16.1 Å². The van der Waals surface area contributed by atoms with Gasteiger partial charge in [0, 0.05) is 23.1 Å². The minimum atomic E-state index is -1.40. The van der Waals surface area contributed by atoms with E-state index in [2.05, 4.69) is 26.6 Å². The summed E-state index contributed by atoms with van der Waals surface area (Å²) in [5, 5.41) is 24.1. The van der Waals surface area contributed by atoms with Crippen molar-refractivity contribution in [3.05, 3.63) is 34.3 Å². The van der Waals surface area contributed by atoms with Gasteiger partial charge in [-0.15, -0.1) is 0 Å². The molecule has 1 heterocycles. The largest absolute Gasteiger partial charge is 0.384 e. The molecule has 8 heteroatoms. The molecule has 1 aromatic carbocycles. The third-order valence-electron chi connectivity index (χ3n) is 3.15. The molecule has 7 nitrogen and oxygen atoms in total. The summed E-state index contributed by atoms with van der Waals surface area (Å²) in [6.07, 6.45) is 0. The van der Waals surface area contributed by atoms with Crippen molar-refractivity contribution in [2.75, 3.05) is 13.1 Å². The van der Waals surface area contributed by atoms with Crippen LogP contribution < -0.4 is 16.1 Å². The van der Waals surface area contributed by atoms with Crippen LogP contribution in [0, 0.1) is 0 Å². The number of rotatable bonds is 4. The first-order valence-electron chi connectivity index (χ1n) is 5.90. The van der Waals surface area contributed by atoms with Crippen LogP contribution in [0.1, 0.15) is 10.4 Å². The zero-order chi connectivity index (χ0) is 14.8. The summed E-state index contributed by atoms with van der Waals surface area (Å²) in [6, 6.07) is 5.31. The van der Waals surface area contributed by atoms with Crippen molar-refractivity contribution in [1.29, 1.82) is 0 Å². The lowest BCUT2D eigenvalue weighted by Gasteiger charge is -2.42. The van der Waals surface area contributed by atoms with E-state index in [1.165, 1.54) is 5.48 Å². The first-order valence-corrected chi connectivity index (χ1v) is 6.69. The molecule has 1 fully saturated rings. The summed E-state index contributed by atoms with van der Waals surface area (Å²) in [4.78, 5) is 23.7. The molecule has 2 amide bonds. The Morgan fingerprint density at radius 3 is 2.35 bits per heavy atom. The van der Waals surface area contributed by atoms with Gasteiger partial charge in [-0.2, -0.15) is 0 Å². The van der Waals surface area contributed by atoms with E-state index < -0.39 is 23.5 Å². The number of amides is 2. The van der Waals surface area contributed by atoms with Crippen molar-refractivity contribution in [3.63, 3.8) is 0 Å². The van der Waals surface area contributed by atoms with Gasteiger partial charge in [0.15, 0.2) is 0 Å². The molecular formula is C12H14BrN3O4. The molecule has 5 N–H and O–H groups in total. The first kappa shape index (κ1) is 14.9. The van der Waals surface area contributed by atoms with Crippen LogP contribution in [0.5, 0.6) is 0 Å². The van der Waals surface area contributed by atoms with Gasteiger partial charge in [-0.3, -0.25) is 14.8 Å². The highest BCUT2D eigenvalue weighted by Crippen LogP contribution is 2.17. The molecule has 1 atom stereocenters. The molecule has 0 saturated carbocycles. The van der Waals surface area contributed by atoms with Gasteiger partial charge in [0.1, 0.15) is 11.6 Å². The van der Waals surface area contributed by atoms with Gasteiger partial charge >= 0.3 is 0 Å². The number of nitrogens with one attached hydrogen (secondary N) is 3. The molecule has 0 radical (unpaired) electrons. The summed E-state index contributed by atoms with van der Waals surface area (Å²) >= 11 is 3.25. The van der Waals surface area contributed by atoms with Gasteiger partial charge in [0.25, 0.3) is 11.8 Å². The number of hydrogen-bond acceptors (Lipinski definition) is 5. The maximum atomic E-state index is 12.1. The Morgan fingerprint density at radius 2 is 1.90 bits per heavy atom. The van der Waals surface area contributed by atoms with E-state index in [9.17, 15) is 14.7 Å². The van der Waals surface area contributed by atoms with E-state index in [0.717, 1.165) is 4.47 Å². The highest BCUT2D eigenvalue weighted by molar-refractivity contribution is 9.10. The zero-order valence-electron chi connectivity index (χ0n) is 10.4. The highest BCUT2D eigenvalue weighted by Gasteiger charge is 2.47. The standard InChI is InChI=1S/C12H14BrN3O4/c13-8-3-1-7(2-4-8)10(17)15-9(11(18)16-20)12(19)5-14-6-12/h1-4,9,14,19-20H,5-6H2,(H,15,17)(H,16,18). The Balaban J connectivity index is 2.13. The van der Waals surface area contributed by atoms with Gasteiger partial charge in [0.05, 0.1) is 0 Å². The van der Waals surface area contributed by atoms with Gasteiger partial charge in [-0.05, 0) is 24.3 Å². The predicted molar refractivity (Wildman–Crippen MR) is 73.1 cm³/mol. The molecule has 1 aliphatic heterocycles. The fourth-order valence-electron chi connectivity index (χ4n) is 1.91. The summed E-state index contributed by atoms with van der Waals surface area (Å²) in [5.74, 6) is -1.37. The van der Waals surface area contributed by atoms with Crippen molar-refractivity contribution in [2.24, 2.45) is 0 Å². The maximum absolute atomic E-state index is 12.1. The monoisotopic (exact) mass is 343 g/mol. The molecule has 1 aromatic rings. The molecule has 0 aliphatic carbocycles. The van der Waals surface area contributed by atoms with Crippen molar-refractivity contribution in [2.45, 2.75) is 11.6 Å². The van der Waals surface area contributed by atoms with E-state index in [4.69, 9.17) is 5.21 Å². The highest BCUT2D eigenvalue weighted by atomic mass is 79.9. The minimum Gasteiger partial charge on any atom is -0.384 e. The number of hydroxylamine groups is 1. The second kappa shape index (κ2) is 5.88. The fourth-order valence-corrected chi connectivity index (χ4v) is 2.17. The van der Waals surface area contributed by atoms with Crippen LogP contribution in [0.3, 0.4) is 0 Å². The number of aliphatic hydroxyl groups is 1. The zero-order valence-corrected chi connectivity index (χ0v) is 12.0. The number of benzene rings is 1. The molecular weight excluding hydrogens is 330 g/mol. The summed E-state index contributed by atoms with van der Waals surface area (Å²) < 4.78 is 0.820. The lowest BCUT2D eigenvalue weighted by Crippen LogP contribution is -2.73. The Bertz CT molecular complexity index is 516. The third-order valence-corrected chi connectivity index (χ3v) is 3.68. The quantitative estimate of drug-likeness (QED) is 0.370. The van der Waals surface area contributed by atoms with Crippen molar-refractivity contribution < 1.29 is 19.9 Å². The fraction of sp³-hybridized carbons (Fsp3) is 0.333. The number of carbonyl (C=O) groups excluding carboxylic acids is 2. The van der Waals surface area contributed by atoms with Crippen LogP contribution in [-0.2, 0) is 4.79 Å². The lowest BCUT2D eigenvalue weighted by molar-refractivity contribution is -0.141. The molecule has 1 aliphatic rings. The number of hydrogen-bond donors (Lipinski definition) is 5. The van der Waals surface area contributed by atoms with Gasteiger partial charge in [0.2, 0.25) is 0 Å². The van der Waals surface area contributed by atoms with Crippen LogP contribution in [0.4, 0.5) is 0 Å². The number of halogens is 1. The van der Waals surface area contributed by atoms with Gasteiger partial charge in [-0.25, -0.2) is 5.48 Å². The number of carbonyl (C=O) groups is 2. The first-order chi connectivity index (χ1) is 9.46. The van der Waals surface area contributed by atoms with Gasteiger partial charge < -0.3 is 15.7 Å². The second-order valence-corrected chi connectivity index (χ2v) is 5.51. The number of β-amino-alcohol motifs (C(OH)–C–C–N with tert-alkyl or cyclic N) is 1. The lowest BCUT2D eigenvalue weighted by atomic mass is 9.87. The normalized spacial score (nSPS) is 17.8. The topological polar surface area (TPSA) is 111 Å². The molecule has 20 heavy (non-hydrogen) atoms. The smallest absolute Gasteiger partial charge is 0.269 e. The summed E-state index contributed by atoms with van der Waals surface area (Å²) in [6.45, 7) is 0.317. The molecule has 2 rings (SSSR count). The van der Waals surface area contributed by atoms with Crippen LogP contribution in [0.15, 0.2) is 28.7 Å². The van der Waals surface area contributed by atoms with Crippen LogP contribution in [0.25, 0.3) is 0 Å². The second-order valence-electron chi connectivity index (χ2n) is 4.60. The van der Waals surface area contributed by atoms with Crippen molar-refractivity contribution >= 4 is 27.7 Å². The van der Waals surface area contributed by atoms with E-state index in [1.807, 2.05) is 0 Å². The Labute approximate surface area is 123 Å². The average molecular weight is 344 g/mol. The van der Waals surface area contributed by atoms with Gasteiger partial charge in [-0.1, -0.05) is 15.9 Å². The third kappa shape index (κ3) is 2.98. The van der Waals surface area contributed by atoms with Crippen LogP contribution >= 0.6 is 15.9 Å². The predicted octanol–water partition coefficient (Wildman–Crippen LogP) is -0.613. The SMILES string of the molecule is O=C(NC(C(=O)NO)C1(O)CNC1)c1ccc(Br)cc1. The summed E-state index contributed by atoms with van der Waals surface area (Å²) in [7, 11) is 0. The molecule has 108 valence electrons.